The maximum Gasteiger partial charge on any atom is 0.220 e. The number of halogens is 1. The van der Waals surface area contributed by atoms with E-state index in [0.29, 0.717) is 18.9 Å². The van der Waals surface area contributed by atoms with Crippen LogP contribution in [0.4, 0.5) is 0 Å². The van der Waals surface area contributed by atoms with Gasteiger partial charge in [0.25, 0.3) is 0 Å². The summed E-state index contributed by atoms with van der Waals surface area (Å²) < 4.78 is 1.10. The summed E-state index contributed by atoms with van der Waals surface area (Å²) in [6.07, 6.45) is 5.78. The van der Waals surface area contributed by atoms with Crippen LogP contribution in [0, 0.1) is 5.92 Å². The first-order chi connectivity index (χ1) is 7.75. The summed E-state index contributed by atoms with van der Waals surface area (Å²) in [4.78, 5) is 12.9. The number of hydrogen-bond acceptors (Lipinski definition) is 2. The van der Waals surface area contributed by atoms with Gasteiger partial charge in [-0.1, -0.05) is 12.8 Å². The van der Waals surface area contributed by atoms with Crippen LogP contribution in [0.1, 0.15) is 37.0 Å². The van der Waals surface area contributed by atoms with Gasteiger partial charge in [-0.25, -0.2) is 0 Å². The molecule has 0 bridgehead atoms. The van der Waals surface area contributed by atoms with Crippen LogP contribution >= 0.6 is 27.3 Å². The SMILES string of the molecule is O=C(CC1CCCC1)NCc1sccc1Br. The minimum atomic E-state index is 0.201. The highest BCUT2D eigenvalue weighted by Crippen LogP contribution is 2.27. The second kappa shape index (κ2) is 5.82. The first-order valence-electron chi connectivity index (χ1n) is 5.74. The molecule has 1 aromatic heterocycles. The van der Waals surface area contributed by atoms with Crippen LogP contribution in [0.2, 0.25) is 0 Å². The van der Waals surface area contributed by atoms with E-state index in [1.54, 1.807) is 11.3 Å². The van der Waals surface area contributed by atoms with Crippen molar-refractivity contribution in [2.24, 2.45) is 5.92 Å². The van der Waals surface area contributed by atoms with Gasteiger partial charge in [-0.2, -0.15) is 0 Å². The lowest BCUT2D eigenvalue weighted by Gasteiger charge is -2.08. The van der Waals surface area contributed by atoms with Crippen molar-refractivity contribution in [3.63, 3.8) is 0 Å². The third kappa shape index (κ3) is 3.32. The van der Waals surface area contributed by atoms with Gasteiger partial charge in [-0.3, -0.25) is 4.79 Å². The lowest BCUT2D eigenvalue weighted by Crippen LogP contribution is -2.24. The number of hydrogen-bond donors (Lipinski definition) is 1. The van der Waals surface area contributed by atoms with Crippen molar-refractivity contribution in [3.8, 4) is 0 Å². The number of carbonyl (C=O) groups excluding carboxylic acids is 1. The number of nitrogens with one attached hydrogen (secondary N) is 1. The van der Waals surface area contributed by atoms with E-state index in [2.05, 4.69) is 21.2 Å². The Morgan fingerprint density at radius 3 is 2.88 bits per heavy atom. The van der Waals surface area contributed by atoms with Crippen LogP contribution < -0.4 is 5.32 Å². The van der Waals surface area contributed by atoms with Gasteiger partial charge < -0.3 is 5.32 Å². The highest BCUT2D eigenvalue weighted by Gasteiger charge is 2.18. The van der Waals surface area contributed by atoms with Gasteiger partial charge in [0, 0.05) is 15.8 Å². The molecule has 1 amide bonds. The van der Waals surface area contributed by atoms with Crippen molar-refractivity contribution in [2.75, 3.05) is 0 Å². The van der Waals surface area contributed by atoms with Crippen LogP contribution in [0.5, 0.6) is 0 Å². The minimum Gasteiger partial charge on any atom is -0.351 e. The largest absolute Gasteiger partial charge is 0.351 e. The lowest BCUT2D eigenvalue weighted by molar-refractivity contribution is -0.122. The fourth-order valence-electron chi connectivity index (χ4n) is 2.18. The summed E-state index contributed by atoms with van der Waals surface area (Å²) in [6.45, 7) is 0.657. The third-order valence-electron chi connectivity index (χ3n) is 3.09. The molecule has 16 heavy (non-hydrogen) atoms. The molecule has 2 nitrogen and oxygen atoms in total. The van der Waals surface area contributed by atoms with Crippen LogP contribution in [-0.2, 0) is 11.3 Å². The molecule has 1 aliphatic rings. The molecule has 1 aliphatic carbocycles. The molecule has 0 saturated heterocycles. The molecular formula is C12H16BrNOS. The molecule has 0 aliphatic heterocycles. The number of rotatable bonds is 4. The van der Waals surface area contributed by atoms with Crippen molar-refractivity contribution in [3.05, 3.63) is 20.8 Å². The number of carbonyl (C=O) groups is 1. The predicted octanol–water partition coefficient (Wildman–Crippen LogP) is 3.71. The zero-order valence-electron chi connectivity index (χ0n) is 9.17. The Hall–Kier alpha value is -0.350. The molecule has 1 N–H and O–H groups in total. The molecule has 0 unspecified atom stereocenters. The Bertz CT molecular complexity index is 358. The van der Waals surface area contributed by atoms with Crippen molar-refractivity contribution < 1.29 is 4.79 Å². The van der Waals surface area contributed by atoms with E-state index in [0.717, 1.165) is 4.47 Å². The van der Waals surface area contributed by atoms with E-state index in [1.807, 2.05) is 11.4 Å². The van der Waals surface area contributed by atoms with Crippen LogP contribution in [0.15, 0.2) is 15.9 Å². The molecule has 0 aromatic carbocycles. The van der Waals surface area contributed by atoms with Gasteiger partial charge in [0.05, 0.1) is 6.54 Å². The molecule has 1 heterocycles. The fraction of sp³-hybridized carbons (Fsp3) is 0.583. The van der Waals surface area contributed by atoms with E-state index >= 15 is 0 Å². The van der Waals surface area contributed by atoms with Gasteiger partial charge in [0.15, 0.2) is 0 Å². The Kier molecular flexibility index (Phi) is 4.41. The smallest absolute Gasteiger partial charge is 0.220 e. The standard InChI is InChI=1S/C12H16BrNOS/c13-10-5-6-16-11(10)8-14-12(15)7-9-3-1-2-4-9/h5-6,9H,1-4,7-8H2,(H,14,15). The highest BCUT2D eigenvalue weighted by atomic mass is 79.9. The van der Waals surface area contributed by atoms with Gasteiger partial charge >= 0.3 is 0 Å². The Labute approximate surface area is 109 Å². The molecule has 1 fully saturated rings. The zero-order chi connectivity index (χ0) is 11.4. The van der Waals surface area contributed by atoms with Gasteiger partial charge in [-0.15, -0.1) is 11.3 Å². The number of thiophene rings is 1. The van der Waals surface area contributed by atoms with E-state index in [-0.39, 0.29) is 5.91 Å². The topological polar surface area (TPSA) is 29.1 Å². The molecule has 1 saturated carbocycles. The molecule has 1 aromatic rings. The molecule has 2 rings (SSSR count). The van der Waals surface area contributed by atoms with Crippen molar-refractivity contribution in [2.45, 2.75) is 38.6 Å². The maximum absolute atomic E-state index is 11.7. The maximum atomic E-state index is 11.7. The average molecular weight is 302 g/mol. The van der Waals surface area contributed by atoms with Gasteiger partial charge in [0.2, 0.25) is 5.91 Å². The van der Waals surface area contributed by atoms with Gasteiger partial charge in [0.1, 0.15) is 0 Å². The molecular weight excluding hydrogens is 286 g/mol. The molecule has 4 heteroatoms. The van der Waals surface area contributed by atoms with Crippen LogP contribution in [0.25, 0.3) is 0 Å². The van der Waals surface area contributed by atoms with E-state index in [1.165, 1.54) is 30.6 Å². The Balaban J connectivity index is 1.73. The first kappa shape index (κ1) is 12.1. The lowest BCUT2D eigenvalue weighted by atomic mass is 10.0. The Morgan fingerprint density at radius 1 is 1.50 bits per heavy atom. The third-order valence-corrected chi connectivity index (χ3v) is 5.01. The van der Waals surface area contributed by atoms with E-state index in [4.69, 9.17) is 0 Å². The average Bonchev–Trinajstić information content (AvgIpc) is 2.87. The zero-order valence-corrected chi connectivity index (χ0v) is 11.6. The minimum absolute atomic E-state index is 0.201. The highest BCUT2D eigenvalue weighted by molar-refractivity contribution is 9.10. The monoisotopic (exact) mass is 301 g/mol. The summed E-state index contributed by atoms with van der Waals surface area (Å²) in [5.74, 6) is 0.832. The van der Waals surface area contributed by atoms with Crippen molar-refractivity contribution >= 4 is 33.2 Å². The van der Waals surface area contributed by atoms with E-state index < -0.39 is 0 Å². The second-order valence-electron chi connectivity index (χ2n) is 4.32. The molecule has 0 spiro atoms. The normalized spacial score (nSPS) is 16.6. The molecule has 0 radical (unpaired) electrons. The van der Waals surface area contributed by atoms with Crippen LogP contribution in [0.3, 0.4) is 0 Å². The van der Waals surface area contributed by atoms with Gasteiger partial charge in [-0.05, 0) is 46.1 Å². The summed E-state index contributed by atoms with van der Waals surface area (Å²) in [5.41, 5.74) is 0. The summed E-state index contributed by atoms with van der Waals surface area (Å²) >= 11 is 5.14. The molecule has 0 atom stereocenters. The van der Waals surface area contributed by atoms with Crippen LogP contribution in [-0.4, -0.2) is 5.91 Å². The second-order valence-corrected chi connectivity index (χ2v) is 6.18. The van der Waals surface area contributed by atoms with Crippen molar-refractivity contribution in [1.29, 1.82) is 0 Å². The van der Waals surface area contributed by atoms with Crippen molar-refractivity contribution in [1.82, 2.24) is 5.32 Å². The van der Waals surface area contributed by atoms with E-state index in [9.17, 15) is 4.79 Å². The molecule has 88 valence electrons. The Morgan fingerprint density at radius 2 is 2.25 bits per heavy atom. The number of amides is 1. The first-order valence-corrected chi connectivity index (χ1v) is 7.41. The summed E-state index contributed by atoms with van der Waals surface area (Å²) in [6, 6.07) is 2.02. The fourth-order valence-corrected chi connectivity index (χ4v) is 3.61. The predicted molar refractivity (Wildman–Crippen MR) is 70.4 cm³/mol. The summed E-state index contributed by atoms with van der Waals surface area (Å²) in [7, 11) is 0. The summed E-state index contributed by atoms with van der Waals surface area (Å²) in [5, 5.41) is 5.02. The quantitative estimate of drug-likeness (QED) is 0.902.